The minimum Gasteiger partial charge on any atom is -0.508 e. The molecule has 0 unspecified atom stereocenters. The molecule has 0 radical (unpaired) electrons. The molecule has 0 aliphatic carbocycles. The van der Waals surface area contributed by atoms with Gasteiger partial charge < -0.3 is 14.6 Å². The SMILES string of the molecule is COC(=O)c1cc(O)c(CCC=C(C)C)cc1C(=O)OC. The smallest absolute Gasteiger partial charge is 0.338 e. The molecule has 1 N–H and O–H groups in total. The molecule has 1 aromatic carbocycles. The topological polar surface area (TPSA) is 72.8 Å². The van der Waals surface area contributed by atoms with E-state index in [4.69, 9.17) is 0 Å². The van der Waals surface area contributed by atoms with Gasteiger partial charge in [-0.2, -0.15) is 0 Å². The van der Waals surface area contributed by atoms with E-state index in [9.17, 15) is 14.7 Å². The van der Waals surface area contributed by atoms with Gasteiger partial charge in [0.15, 0.2) is 0 Å². The lowest BCUT2D eigenvalue weighted by molar-refractivity contribution is 0.0555. The van der Waals surface area contributed by atoms with Crippen LogP contribution < -0.4 is 0 Å². The van der Waals surface area contributed by atoms with Crippen LogP contribution in [0.15, 0.2) is 23.8 Å². The first-order valence-electron chi connectivity index (χ1n) is 6.56. The summed E-state index contributed by atoms with van der Waals surface area (Å²) in [7, 11) is 2.45. The number of aryl methyl sites for hydroxylation is 1. The molecule has 1 rings (SSSR count). The lowest BCUT2D eigenvalue weighted by Crippen LogP contribution is -2.12. The van der Waals surface area contributed by atoms with E-state index in [1.54, 1.807) is 0 Å². The first-order chi connectivity index (χ1) is 9.90. The molecule has 0 bridgehead atoms. The number of esters is 2. The highest BCUT2D eigenvalue weighted by atomic mass is 16.5. The van der Waals surface area contributed by atoms with Crippen LogP contribution >= 0.6 is 0 Å². The fourth-order valence-electron chi connectivity index (χ4n) is 1.91. The molecule has 0 saturated heterocycles. The molecule has 0 amide bonds. The number of carbonyl (C=O) groups excluding carboxylic acids is 2. The van der Waals surface area contributed by atoms with E-state index < -0.39 is 11.9 Å². The average molecular weight is 292 g/mol. The highest BCUT2D eigenvalue weighted by Crippen LogP contribution is 2.25. The highest BCUT2D eigenvalue weighted by molar-refractivity contribution is 6.03. The third-order valence-corrected chi connectivity index (χ3v) is 3.00. The molecule has 5 heteroatoms. The molecule has 21 heavy (non-hydrogen) atoms. The minimum atomic E-state index is -0.693. The van der Waals surface area contributed by atoms with Crippen molar-refractivity contribution in [2.45, 2.75) is 26.7 Å². The van der Waals surface area contributed by atoms with Crippen LogP contribution in [0.4, 0.5) is 0 Å². The predicted octanol–water partition coefficient (Wildman–Crippen LogP) is 2.86. The Morgan fingerprint density at radius 1 is 1.10 bits per heavy atom. The van der Waals surface area contributed by atoms with Crippen molar-refractivity contribution in [1.29, 1.82) is 0 Å². The van der Waals surface area contributed by atoms with Gasteiger partial charge in [-0.05, 0) is 44.4 Å². The molecule has 5 nitrogen and oxygen atoms in total. The number of hydrogen-bond donors (Lipinski definition) is 1. The van der Waals surface area contributed by atoms with Gasteiger partial charge >= 0.3 is 11.9 Å². The maximum atomic E-state index is 11.8. The summed E-state index contributed by atoms with van der Waals surface area (Å²) in [6.07, 6.45) is 3.32. The van der Waals surface area contributed by atoms with Gasteiger partial charge in [0.1, 0.15) is 5.75 Å². The first-order valence-corrected chi connectivity index (χ1v) is 6.56. The van der Waals surface area contributed by atoms with Gasteiger partial charge in [-0.1, -0.05) is 11.6 Å². The van der Waals surface area contributed by atoms with Gasteiger partial charge in [-0.3, -0.25) is 0 Å². The van der Waals surface area contributed by atoms with Crippen LogP contribution in [0.2, 0.25) is 0 Å². The summed E-state index contributed by atoms with van der Waals surface area (Å²) in [5.41, 5.74) is 1.84. The average Bonchev–Trinajstić information content (AvgIpc) is 2.46. The van der Waals surface area contributed by atoms with Crippen LogP contribution in [0.25, 0.3) is 0 Å². The van der Waals surface area contributed by atoms with E-state index >= 15 is 0 Å². The zero-order valence-corrected chi connectivity index (χ0v) is 12.7. The quantitative estimate of drug-likeness (QED) is 0.667. The Morgan fingerprint density at radius 2 is 1.62 bits per heavy atom. The normalized spacial score (nSPS) is 9.90. The Kier molecular flexibility index (Phi) is 5.96. The molecule has 0 atom stereocenters. The number of benzene rings is 1. The molecular formula is C16H20O5. The van der Waals surface area contributed by atoms with Crippen LogP contribution in [0.5, 0.6) is 5.75 Å². The van der Waals surface area contributed by atoms with Crippen LogP contribution in [-0.2, 0) is 15.9 Å². The molecule has 1 aromatic rings. The first kappa shape index (κ1) is 16.8. The number of methoxy groups -OCH3 is 2. The van der Waals surface area contributed by atoms with Crippen molar-refractivity contribution in [3.05, 3.63) is 40.5 Å². The van der Waals surface area contributed by atoms with Crippen molar-refractivity contribution in [3.63, 3.8) is 0 Å². The summed E-state index contributed by atoms with van der Waals surface area (Å²) in [4.78, 5) is 23.4. The highest BCUT2D eigenvalue weighted by Gasteiger charge is 2.21. The molecule has 0 fully saturated rings. The van der Waals surface area contributed by atoms with Crippen molar-refractivity contribution in [2.24, 2.45) is 0 Å². The Labute approximate surface area is 124 Å². The fraction of sp³-hybridized carbons (Fsp3) is 0.375. The Morgan fingerprint density at radius 3 is 2.10 bits per heavy atom. The van der Waals surface area contributed by atoms with Gasteiger partial charge in [0, 0.05) is 0 Å². The summed E-state index contributed by atoms with van der Waals surface area (Å²) < 4.78 is 9.28. The number of carbonyl (C=O) groups is 2. The van der Waals surface area contributed by atoms with Crippen molar-refractivity contribution in [3.8, 4) is 5.75 Å². The van der Waals surface area contributed by atoms with E-state index in [2.05, 4.69) is 9.47 Å². The monoisotopic (exact) mass is 292 g/mol. The number of allylic oxidation sites excluding steroid dienone is 2. The number of hydrogen-bond acceptors (Lipinski definition) is 5. The number of aromatic hydroxyl groups is 1. The number of ether oxygens (including phenoxy) is 2. The summed E-state index contributed by atoms with van der Waals surface area (Å²) >= 11 is 0. The van der Waals surface area contributed by atoms with E-state index in [0.717, 1.165) is 6.42 Å². The van der Waals surface area contributed by atoms with Crippen molar-refractivity contribution in [1.82, 2.24) is 0 Å². The van der Waals surface area contributed by atoms with Crippen molar-refractivity contribution >= 4 is 11.9 Å². The molecule has 0 heterocycles. The lowest BCUT2D eigenvalue weighted by Gasteiger charge is -2.11. The predicted molar refractivity (Wildman–Crippen MR) is 78.5 cm³/mol. The van der Waals surface area contributed by atoms with Crippen molar-refractivity contribution in [2.75, 3.05) is 14.2 Å². The maximum Gasteiger partial charge on any atom is 0.338 e. The largest absolute Gasteiger partial charge is 0.508 e. The van der Waals surface area contributed by atoms with Crippen LogP contribution in [-0.4, -0.2) is 31.3 Å². The Hall–Kier alpha value is -2.30. The minimum absolute atomic E-state index is 0.00665. The fourth-order valence-corrected chi connectivity index (χ4v) is 1.91. The van der Waals surface area contributed by atoms with Crippen molar-refractivity contribution < 1.29 is 24.2 Å². The standard InChI is InChI=1S/C16H20O5/c1-10(2)6-5-7-11-8-12(15(18)20-3)13(9-14(11)17)16(19)21-4/h6,8-9,17H,5,7H2,1-4H3. The van der Waals surface area contributed by atoms with Crippen LogP contribution in [0, 0.1) is 0 Å². The molecule has 114 valence electrons. The zero-order chi connectivity index (χ0) is 16.0. The van der Waals surface area contributed by atoms with E-state index in [1.165, 1.54) is 31.9 Å². The van der Waals surface area contributed by atoms with E-state index in [1.807, 2.05) is 19.9 Å². The summed E-state index contributed by atoms with van der Waals surface area (Å²) in [5.74, 6) is -1.37. The molecule has 0 aliphatic heterocycles. The second-order valence-electron chi connectivity index (χ2n) is 4.83. The second-order valence-corrected chi connectivity index (χ2v) is 4.83. The molecule has 0 spiro atoms. The maximum absolute atomic E-state index is 11.8. The van der Waals surface area contributed by atoms with E-state index in [0.29, 0.717) is 12.0 Å². The number of phenols is 1. The molecule has 0 aliphatic rings. The number of rotatable bonds is 5. The Balaban J connectivity index is 3.21. The van der Waals surface area contributed by atoms with Gasteiger partial charge in [-0.15, -0.1) is 0 Å². The lowest BCUT2D eigenvalue weighted by atomic mass is 9.99. The van der Waals surface area contributed by atoms with Crippen LogP contribution in [0.1, 0.15) is 46.5 Å². The molecule has 0 aromatic heterocycles. The van der Waals surface area contributed by atoms with Gasteiger partial charge in [0.05, 0.1) is 25.3 Å². The van der Waals surface area contributed by atoms with Gasteiger partial charge in [0.2, 0.25) is 0 Å². The second kappa shape index (κ2) is 7.47. The van der Waals surface area contributed by atoms with E-state index in [-0.39, 0.29) is 16.9 Å². The number of phenolic OH excluding ortho intramolecular Hbond substituents is 1. The molecular weight excluding hydrogens is 272 g/mol. The molecule has 0 saturated carbocycles. The van der Waals surface area contributed by atoms with Gasteiger partial charge in [0.25, 0.3) is 0 Å². The third-order valence-electron chi connectivity index (χ3n) is 3.00. The zero-order valence-electron chi connectivity index (χ0n) is 12.7. The summed E-state index contributed by atoms with van der Waals surface area (Å²) in [6, 6.07) is 2.72. The summed E-state index contributed by atoms with van der Waals surface area (Å²) in [6.45, 7) is 3.97. The van der Waals surface area contributed by atoms with Crippen LogP contribution in [0.3, 0.4) is 0 Å². The third kappa shape index (κ3) is 4.34. The summed E-state index contributed by atoms with van der Waals surface area (Å²) in [5, 5.41) is 10.00. The van der Waals surface area contributed by atoms with Gasteiger partial charge in [-0.25, -0.2) is 9.59 Å². The Bertz CT molecular complexity index is 568.